The minimum atomic E-state index is -0.774. The summed E-state index contributed by atoms with van der Waals surface area (Å²) in [6, 6.07) is 7.94. The Balaban J connectivity index is 2.26. The van der Waals surface area contributed by atoms with Gasteiger partial charge in [-0.25, -0.2) is 4.79 Å². The van der Waals surface area contributed by atoms with E-state index in [0.29, 0.717) is 6.42 Å². The van der Waals surface area contributed by atoms with E-state index in [0.717, 1.165) is 24.9 Å². The maximum Gasteiger partial charge on any atom is 0.329 e. The highest BCUT2D eigenvalue weighted by Gasteiger charge is 2.48. The molecule has 3 heteroatoms. The number of benzene rings is 1. The second kappa shape index (κ2) is 5.01. The molecule has 0 heterocycles. The molecule has 2 atom stereocenters. The Morgan fingerprint density at radius 1 is 1.44 bits per heavy atom. The molecule has 1 aliphatic rings. The van der Waals surface area contributed by atoms with Crippen molar-refractivity contribution in [2.45, 2.75) is 45.1 Å². The summed E-state index contributed by atoms with van der Waals surface area (Å²) in [5, 5.41) is 12.9. The van der Waals surface area contributed by atoms with E-state index in [1.165, 1.54) is 5.56 Å². The highest BCUT2D eigenvalue weighted by atomic mass is 16.4. The predicted octanol–water partition coefficient (Wildman–Crippen LogP) is 3.44. The number of hydrogen-bond donors (Lipinski definition) is 2. The Morgan fingerprint density at radius 2 is 2.11 bits per heavy atom. The van der Waals surface area contributed by atoms with Gasteiger partial charge in [0.25, 0.3) is 0 Å². The summed E-state index contributed by atoms with van der Waals surface area (Å²) in [6.45, 7) is 4.10. The summed E-state index contributed by atoms with van der Waals surface area (Å²) >= 11 is 0. The standard InChI is InChI=1S/C15H21NO2/c1-3-12-5-4-10-15(12,14(17)18)16-13-8-6-11(2)7-9-13/h6-9,12,16H,3-5,10H2,1-2H3,(H,17,18). The molecule has 0 aliphatic heterocycles. The first kappa shape index (κ1) is 12.9. The lowest BCUT2D eigenvalue weighted by molar-refractivity contribution is -0.143. The van der Waals surface area contributed by atoms with Crippen LogP contribution in [0.15, 0.2) is 24.3 Å². The normalized spacial score (nSPS) is 27.1. The van der Waals surface area contributed by atoms with Crippen molar-refractivity contribution >= 4 is 11.7 Å². The van der Waals surface area contributed by atoms with E-state index >= 15 is 0 Å². The van der Waals surface area contributed by atoms with Crippen molar-refractivity contribution in [1.82, 2.24) is 0 Å². The third kappa shape index (κ3) is 2.22. The van der Waals surface area contributed by atoms with E-state index in [4.69, 9.17) is 0 Å². The third-order valence-electron chi connectivity index (χ3n) is 4.11. The van der Waals surface area contributed by atoms with Crippen molar-refractivity contribution in [2.24, 2.45) is 5.92 Å². The van der Waals surface area contributed by atoms with Gasteiger partial charge in [0, 0.05) is 5.69 Å². The molecule has 2 rings (SSSR count). The Labute approximate surface area is 108 Å². The van der Waals surface area contributed by atoms with Crippen LogP contribution < -0.4 is 5.32 Å². The molecule has 0 saturated heterocycles. The quantitative estimate of drug-likeness (QED) is 0.856. The molecule has 98 valence electrons. The van der Waals surface area contributed by atoms with E-state index in [2.05, 4.69) is 12.2 Å². The summed E-state index contributed by atoms with van der Waals surface area (Å²) in [7, 11) is 0. The van der Waals surface area contributed by atoms with Crippen LogP contribution in [-0.4, -0.2) is 16.6 Å². The topological polar surface area (TPSA) is 49.3 Å². The second-order valence-electron chi connectivity index (χ2n) is 5.26. The number of hydrogen-bond acceptors (Lipinski definition) is 2. The number of rotatable bonds is 4. The first-order chi connectivity index (χ1) is 8.58. The molecule has 0 bridgehead atoms. The van der Waals surface area contributed by atoms with Crippen LogP contribution in [0.3, 0.4) is 0 Å². The number of carboxylic acid groups (broad SMARTS) is 1. The summed E-state index contributed by atoms with van der Waals surface area (Å²) < 4.78 is 0. The average Bonchev–Trinajstić information content (AvgIpc) is 2.76. The molecule has 0 amide bonds. The zero-order valence-corrected chi connectivity index (χ0v) is 11.1. The summed E-state index contributed by atoms with van der Waals surface area (Å²) in [4.78, 5) is 11.7. The number of anilines is 1. The number of aliphatic carboxylic acids is 1. The molecule has 2 unspecified atom stereocenters. The molecule has 1 saturated carbocycles. The fourth-order valence-electron chi connectivity index (χ4n) is 3.02. The Hall–Kier alpha value is -1.51. The molecule has 2 N–H and O–H groups in total. The van der Waals surface area contributed by atoms with Gasteiger partial charge in [0.2, 0.25) is 0 Å². The minimum Gasteiger partial charge on any atom is -0.479 e. The molecule has 0 spiro atoms. The van der Waals surface area contributed by atoms with Gasteiger partial charge in [0.05, 0.1) is 0 Å². The van der Waals surface area contributed by atoms with E-state index in [1.54, 1.807) is 0 Å². The van der Waals surface area contributed by atoms with Gasteiger partial charge in [-0.15, -0.1) is 0 Å². The molecule has 0 radical (unpaired) electrons. The van der Waals surface area contributed by atoms with Crippen LogP contribution in [0.2, 0.25) is 0 Å². The van der Waals surface area contributed by atoms with Crippen molar-refractivity contribution < 1.29 is 9.90 Å². The lowest BCUT2D eigenvalue weighted by atomic mass is 9.84. The fraction of sp³-hybridized carbons (Fsp3) is 0.533. The van der Waals surface area contributed by atoms with E-state index in [1.807, 2.05) is 31.2 Å². The number of aryl methyl sites for hydroxylation is 1. The summed E-state index contributed by atoms with van der Waals surface area (Å²) in [5.41, 5.74) is 1.32. The Bertz CT molecular complexity index is 427. The predicted molar refractivity (Wildman–Crippen MR) is 72.8 cm³/mol. The van der Waals surface area contributed by atoms with E-state index in [-0.39, 0.29) is 5.92 Å². The number of nitrogens with one attached hydrogen (secondary N) is 1. The van der Waals surface area contributed by atoms with Crippen LogP contribution in [0.4, 0.5) is 5.69 Å². The minimum absolute atomic E-state index is 0.219. The van der Waals surface area contributed by atoms with Crippen LogP contribution in [-0.2, 0) is 4.79 Å². The van der Waals surface area contributed by atoms with Crippen LogP contribution in [0, 0.1) is 12.8 Å². The number of carbonyl (C=O) groups is 1. The number of carboxylic acids is 1. The molecule has 1 aliphatic carbocycles. The molecule has 3 nitrogen and oxygen atoms in total. The van der Waals surface area contributed by atoms with Crippen molar-refractivity contribution in [3.05, 3.63) is 29.8 Å². The zero-order valence-electron chi connectivity index (χ0n) is 11.1. The van der Waals surface area contributed by atoms with Crippen molar-refractivity contribution in [1.29, 1.82) is 0 Å². The highest BCUT2D eigenvalue weighted by molar-refractivity contribution is 5.83. The maximum atomic E-state index is 11.7. The van der Waals surface area contributed by atoms with Gasteiger partial charge in [-0.1, -0.05) is 37.5 Å². The molecule has 18 heavy (non-hydrogen) atoms. The summed E-state index contributed by atoms with van der Waals surface area (Å²) in [5.74, 6) is -0.497. The SMILES string of the molecule is CCC1CCCC1(Nc1ccc(C)cc1)C(=O)O. The fourth-order valence-corrected chi connectivity index (χ4v) is 3.02. The average molecular weight is 247 g/mol. The lowest BCUT2D eigenvalue weighted by Crippen LogP contribution is -2.49. The van der Waals surface area contributed by atoms with Crippen LogP contribution >= 0.6 is 0 Å². The van der Waals surface area contributed by atoms with Gasteiger partial charge < -0.3 is 10.4 Å². The first-order valence-corrected chi connectivity index (χ1v) is 6.66. The van der Waals surface area contributed by atoms with Crippen molar-refractivity contribution in [3.8, 4) is 0 Å². The summed E-state index contributed by atoms with van der Waals surface area (Å²) in [6.07, 6.45) is 3.62. The van der Waals surface area contributed by atoms with Gasteiger partial charge in [0.1, 0.15) is 5.54 Å². The molecule has 0 aromatic heterocycles. The van der Waals surface area contributed by atoms with E-state index in [9.17, 15) is 9.90 Å². The van der Waals surface area contributed by atoms with Gasteiger partial charge in [-0.05, 0) is 37.8 Å². The molecule has 1 aromatic rings. The van der Waals surface area contributed by atoms with Gasteiger partial charge >= 0.3 is 5.97 Å². The maximum absolute atomic E-state index is 11.7. The third-order valence-corrected chi connectivity index (χ3v) is 4.11. The largest absolute Gasteiger partial charge is 0.479 e. The van der Waals surface area contributed by atoms with Crippen LogP contribution in [0.5, 0.6) is 0 Å². The zero-order chi connectivity index (χ0) is 13.2. The molecular formula is C15H21NO2. The highest BCUT2D eigenvalue weighted by Crippen LogP contribution is 2.40. The van der Waals surface area contributed by atoms with Gasteiger partial charge in [-0.2, -0.15) is 0 Å². The van der Waals surface area contributed by atoms with Crippen LogP contribution in [0.1, 0.15) is 38.2 Å². The Kier molecular flexibility index (Phi) is 3.60. The van der Waals surface area contributed by atoms with Crippen LogP contribution in [0.25, 0.3) is 0 Å². The second-order valence-corrected chi connectivity index (χ2v) is 5.26. The van der Waals surface area contributed by atoms with Gasteiger partial charge in [-0.3, -0.25) is 0 Å². The monoisotopic (exact) mass is 247 g/mol. The molecular weight excluding hydrogens is 226 g/mol. The molecule has 1 fully saturated rings. The Morgan fingerprint density at radius 3 is 2.67 bits per heavy atom. The van der Waals surface area contributed by atoms with E-state index < -0.39 is 11.5 Å². The molecule has 1 aromatic carbocycles. The lowest BCUT2D eigenvalue weighted by Gasteiger charge is -2.33. The smallest absolute Gasteiger partial charge is 0.329 e. The first-order valence-electron chi connectivity index (χ1n) is 6.66. The van der Waals surface area contributed by atoms with Gasteiger partial charge in [0.15, 0.2) is 0 Å². The van der Waals surface area contributed by atoms with Crippen molar-refractivity contribution in [3.63, 3.8) is 0 Å². The van der Waals surface area contributed by atoms with Crippen molar-refractivity contribution in [2.75, 3.05) is 5.32 Å².